The van der Waals surface area contributed by atoms with Crippen LogP contribution in [0, 0.1) is 5.41 Å². The van der Waals surface area contributed by atoms with Crippen molar-refractivity contribution in [2.24, 2.45) is 10.4 Å². The zero-order valence-corrected chi connectivity index (χ0v) is 14.0. The van der Waals surface area contributed by atoms with E-state index < -0.39 is 27.8 Å². The minimum atomic E-state index is -4.70. The summed E-state index contributed by atoms with van der Waals surface area (Å²) < 4.78 is 50.9. The molecule has 8 heteroatoms. The van der Waals surface area contributed by atoms with Crippen molar-refractivity contribution < 1.29 is 22.4 Å². The van der Waals surface area contributed by atoms with Crippen LogP contribution in [0.3, 0.4) is 0 Å². The molecule has 2 rings (SSSR count). The number of allylic oxidation sites excluding steroid dienone is 3. The topological polar surface area (TPSA) is 41.5 Å². The van der Waals surface area contributed by atoms with E-state index in [1.54, 1.807) is 32.9 Å². The van der Waals surface area contributed by atoms with Crippen molar-refractivity contribution in [3.05, 3.63) is 24.1 Å². The molecule has 0 saturated carbocycles. The zero-order valence-electron chi connectivity index (χ0n) is 13.2. The number of thioether (sulfide) groups is 1. The number of hydrogen-bond donors (Lipinski definition) is 1. The van der Waals surface area contributed by atoms with Crippen LogP contribution in [0.1, 0.15) is 34.1 Å². The molecule has 0 aromatic rings. The van der Waals surface area contributed by atoms with E-state index in [0.717, 1.165) is 6.92 Å². The molecule has 23 heavy (non-hydrogen) atoms. The lowest BCUT2D eigenvalue weighted by Gasteiger charge is -2.41. The maximum atomic E-state index is 14.3. The molecule has 128 valence electrons. The van der Waals surface area contributed by atoms with E-state index in [9.17, 15) is 22.4 Å². The Hall–Kier alpha value is -1.31. The Morgan fingerprint density at radius 1 is 1.30 bits per heavy atom. The van der Waals surface area contributed by atoms with Crippen molar-refractivity contribution in [3.8, 4) is 0 Å². The first-order valence-electron chi connectivity index (χ1n) is 7.03. The Morgan fingerprint density at radius 3 is 2.39 bits per heavy atom. The van der Waals surface area contributed by atoms with Gasteiger partial charge in [0.15, 0.2) is 9.91 Å². The highest BCUT2D eigenvalue weighted by Gasteiger charge is 2.62. The predicted octanol–water partition coefficient (Wildman–Crippen LogP) is 4.12. The number of amidine groups is 1. The van der Waals surface area contributed by atoms with Gasteiger partial charge in [0.1, 0.15) is 5.83 Å². The van der Waals surface area contributed by atoms with Crippen molar-refractivity contribution in [1.82, 2.24) is 5.32 Å². The zero-order chi connectivity index (χ0) is 17.7. The van der Waals surface area contributed by atoms with E-state index in [0.29, 0.717) is 18.2 Å². The normalized spacial score (nSPS) is 33.8. The molecule has 2 atom stereocenters. The van der Waals surface area contributed by atoms with Gasteiger partial charge in [-0.25, -0.2) is 4.39 Å². The number of alkyl halides is 3. The number of aliphatic imine (C=N–C) groups is 1. The van der Waals surface area contributed by atoms with Gasteiger partial charge in [-0.3, -0.25) is 9.79 Å². The largest absolute Gasteiger partial charge is 0.412 e. The van der Waals surface area contributed by atoms with Crippen molar-refractivity contribution in [2.45, 2.75) is 50.6 Å². The molecule has 1 fully saturated rings. The molecular weight excluding hydrogens is 332 g/mol. The van der Waals surface area contributed by atoms with Crippen LogP contribution in [-0.4, -0.2) is 27.5 Å². The van der Waals surface area contributed by atoms with Crippen LogP contribution >= 0.6 is 11.8 Å². The Balaban J connectivity index is 2.34. The Kier molecular flexibility index (Phi) is 4.20. The third-order valence-corrected chi connectivity index (χ3v) is 5.87. The molecule has 0 aromatic heterocycles. The summed E-state index contributed by atoms with van der Waals surface area (Å²) in [6.45, 7) is 5.76. The number of hydrogen-bond acceptors (Lipinski definition) is 3. The molecule has 1 saturated heterocycles. The molecule has 2 aliphatic rings. The van der Waals surface area contributed by atoms with Crippen LogP contribution in [0.2, 0.25) is 0 Å². The summed E-state index contributed by atoms with van der Waals surface area (Å²) in [5.41, 5.74) is -2.03. The van der Waals surface area contributed by atoms with Crippen molar-refractivity contribution in [1.29, 1.82) is 0 Å². The van der Waals surface area contributed by atoms with Gasteiger partial charge in [0.25, 0.3) is 5.91 Å². The van der Waals surface area contributed by atoms with Gasteiger partial charge in [-0.1, -0.05) is 30.8 Å². The van der Waals surface area contributed by atoms with Gasteiger partial charge >= 0.3 is 6.18 Å². The molecule has 3 nitrogen and oxygen atoms in total. The van der Waals surface area contributed by atoms with Crippen molar-refractivity contribution >= 4 is 22.8 Å². The average Bonchev–Trinajstić information content (AvgIpc) is 2.68. The SMILES string of the molecule is CC(C)(N=C1NC(=O)[C@@](C)(C(F)(F)F)S1)C1(C)CC=CC=C1F. The monoisotopic (exact) mass is 350 g/mol. The maximum absolute atomic E-state index is 14.3. The second-order valence-electron chi connectivity index (χ2n) is 6.54. The van der Waals surface area contributed by atoms with E-state index in [1.165, 1.54) is 6.08 Å². The smallest absolute Gasteiger partial charge is 0.304 e. The van der Waals surface area contributed by atoms with E-state index >= 15 is 0 Å². The number of nitrogens with zero attached hydrogens (tertiary/aromatic N) is 1. The molecule has 1 aliphatic carbocycles. The lowest BCUT2D eigenvalue weighted by atomic mass is 9.68. The summed E-state index contributed by atoms with van der Waals surface area (Å²) in [6, 6.07) is 0. The van der Waals surface area contributed by atoms with E-state index in [2.05, 4.69) is 10.3 Å². The van der Waals surface area contributed by atoms with Gasteiger partial charge in [0.05, 0.1) is 5.54 Å². The number of amides is 1. The van der Waals surface area contributed by atoms with Crippen LogP contribution in [0.15, 0.2) is 29.0 Å². The van der Waals surface area contributed by atoms with Crippen LogP contribution in [-0.2, 0) is 4.79 Å². The number of rotatable bonds is 2. The lowest BCUT2D eigenvalue weighted by molar-refractivity contribution is -0.166. The summed E-state index contributed by atoms with van der Waals surface area (Å²) in [6.07, 6.45) is 0.365. The van der Waals surface area contributed by atoms with Gasteiger partial charge in [-0.15, -0.1) is 0 Å². The minimum absolute atomic E-state index is 0.136. The second-order valence-corrected chi connectivity index (χ2v) is 7.95. The molecule has 0 aromatic carbocycles. The molecule has 1 unspecified atom stereocenters. The lowest BCUT2D eigenvalue weighted by Crippen LogP contribution is -2.46. The van der Waals surface area contributed by atoms with Crippen molar-refractivity contribution in [3.63, 3.8) is 0 Å². The number of nitrogens with one attached hydrogen (secondary N) is 1. The fraction of sp³-hybridized carbons (Fsp3) is 0.600. The Morgan fingerprint density at radius 2 is 1.91 bits per heavy atom. The summed E-state index contributed by atoms with van der Waals surface area (Å²) in [5, 5.41) is 2.04. The Bertz CT molecular complexity index is 623. The third kappa shape index (κ3) is 2.81. The number of carbonyl (C=O) groups is 1. The quantitative estimate of drug-likeness (QED) is 0.761. The van der Waals surface area contributed by atoms with Gasteiger partial charge < -0.3 is 5.32 Å². The van der Waals surface area contributed by atoms with Gasteiger partial charge in [-0.2, -0.15) is 13.2 Å². The molecule has 0 radical (unpaired) electrons. The molecular formula is C15H18F4N2OS. The fourth-order valence-corrected chi connectivity index (χ4v) is 3.44. The number of halogens is 4. The standard InChI is InChI=1S/C15H18F4N2OS/c1-12(2,13(3)8-6-5-7-9(13)16)21-11-20-10(22)14(4,23-11)15(17,18)19/h5-7H,8H2,1-4H3,(H,20,21,22)/t13?,14-/m0/s1. The first-order valence-corrected chi connectivity index (χ1v) is 7.85. The summed E-state index contributed by atoms with van der Waals surface area (Å²) in [5.74, 6) is -1.54. The molecule has 0 bridgehead atoms. The molecule has 1 N–H and O–H groups in total. The first-order chi connectivity index (χ1) is 10.3. The van der Waals surface area contributed by atoms with E-state index in [4.69, 9.17) is 0 Å². The van der Waals surface area contributed by atoms with Gasteiger partial charge in [-0.05, 0) is 33.3 Å². The van der Waals surface area contributed by atoms with Crippen LogP contribution in [0.25, 0.3) is 0 Å². The maximum Gasteiger partial charge on any atom is 0.412 e. The Labute approximate surface area is 136 Å². The van der Waals surface area contributed by atoms with Gasteiger partial charge in [0, 0.05) is 5.41 Å². The molecule has 1 heterocycles. The van der Waals surface area contributed by atoms with E-state index in [-0.39, 0.29) is 11.0 Å². The molecule has 1 amide bonds. The molecule has 1 aliphatic heterocycles. The highest BCUT2D eigenvalue weighted by molar-refractivity contribution is 8.16. The average molecular weight is 350 g/mol. The number of carbonyl (C=O) groups excluding carboxylic acids is 1. The summed E-state index contributed by atoms with van der Waals surface area (Å²) in [7, 11) is 0. The van der Waals surface area contributed by atoms with Crippen molar-refractivity contribution in [2.75, 3.05) is 0 Å². The second kappa shape index (κ2) is 5.36. The van der Waals surface area contributed by atoms with E-state index in [1.807, 2.05) is 0 Å². The van der Waals surface area contributed by atoms with Crippen LogP contribution in [0.5, 0.6) is 0 Å². The van der Waals surface area contributed by atoms with Crippen LogP contribution < -0.4 is 5.32 Å². The summed E-state index contributed by atoms with van der Waals surface area (Å²) in [4.78, 5) is 16.0. The minimum Gasteiger partial charge on any atom is -0.304 e. The fourth-order valence-electron chi connectivity index (χ4n) is 2.38. The highest BCUT2D eigenvalue weighted by atomic mass is 32.2. The molecule has 0 spiro atoms. The van der Waals surface area contributed by atoms with Gasteiger partial charge in [0.2, 0.25) is 0 Å². The highest BCUT2D eigenvalue weighted by Crippen LogP contribution is 2.49. The summed E-state index contributed by atoms with van der Waals surface area (Å²) >= 11 is 0.323. The van der Waals surface area contributed by atoms with Crippen LogP contribution in [0.4, 0.5) is 17.6 Å². The third-order valence-electron chi connectivity index (χ3n) is 4.66. The predicted molar refractivity (Wildman–Crippen MR) is 82.8 cm³/mol. The first kappa shape index (κ1) is 18.0.